The van der Waals surface area contributed by atoms with E-state index in [-0.39, 0.29) is 11.6 Å². The van der Waals surface area contributed by atoms with E-state index in [9.17, 15) is 13.2 Å². The number of ether oxygens (including phenoxy) is 1. The van der Waals surface area contributed by atoms with Crippen LogP contribution >= 0.6 is 12.2 Å². The standard InChI is InChI=1S/C11H15N3O4S2/c1-3-18-11(15)13-20(16,17)14(2)9-6-4-8(5-7-9)10(12)19/h4-7H,3H2,1-2H3,(H2,12,19)(H,13,15). The molecular formula is C11H15N3O4S2. The van der Waals surface area contributed by atoms with Crippen LogP contribution in [0.1, 0.15) is 12.5 Å². The Bertz CT molecular complexity index is 599. The van der Waals surface area contributed by atoms with E-state index in [1.54, 1.807) is 23.8 Å². The van der Waals surface area contributed by atoms with Crippen LogP contribution in [0, 0.1) is 0 Å². The molecular weight excluding hydrogens is 302 g/mol. The molecule has 0 aromatic heterocycles. The van der Waals surface area contributed by atoms with Crippen LogP contribution in [0.2, 0.25) is 0 Å². The third-order valence-electron chi connectivity index (χ3n) is 2.36. The molecule has 1 aromatic carbocycles. The van der Waals surface area contributed by atoms with E-state index >= 15 is 0 Å². The molecule has 0 radical (unpaired) electrons. The molecule has 0 atom stereocenters. The summed E-state index contributed by atoms with van der Waals surface area (Å²) >= 11 is 4.80. The van der Waals surface area contributed by atoms with Crippen LogP contribution in [0.5, 0.6) is 0 Å². The van der Waals surface area contributed by atoms with Crippen LogP contribution in [0.4, 0.5) is 10.5 Å². The molecule has 1 rings (SSSR count). The number of nitrogens with zero attached hydrogens (tertiary/aromatic N) is 1. The van der Waals surface area contributed by atoms with Gasteiger partial charge in [-0.25, -0.2) is 9.52 Å². The minimum Gasteiger partial charge on any atom is -0.449 e. The van der Waals surface area contributed by atoms with Gasteiger partial charge in [-0.1, -0.05) is 12.2 Å². The average molecular weight is 317 g/mol. The molecule has 0 saturated carbocycles. The number of hydrogen-bond acceptors (Lipinski definition) is 5. The van der Waals surface area contributed by atoms with Crippen LogP contribution in [0.15, 0.2) is 24.3 Å². The van der Waals surface area contributed by atoms with Gasteiger partial charge in [0.15, 0.2) is 0 Å². The normalized spacial score (nSPS) is 10.7. The van der Waals surface area contributed by atoms with Crippen molar-refractivity contribution in [3.63, 3.8) is 0 Å². The third-order valence-corrected chi connectivity index (χ3v) is 3.96. The molecule has 0 aliphatic heterocycles. The Kier molecular flexibility index (Phi) is 5.28. The van der Waals surface area contributed by atoms with E-state index in [0.717, 1.165) is 4.31 Å². The van der Waals surface area contributed by atoms with E-state index in [0.29, 0.717) is 11.3 Å². The van der Waals surface area contributed by atoms with Gasteiger partial charge in [0.05, 0.1) is 12.3 Å². The van der Waals surface area contributed by atoms with Crippen molar-refractivity contribution in [2.24, 2.45) is 5.73 Å². The van der Waals surface area contributed by atoms with Gasteiger partial charge in [0.2, 0.25) is 0 Å². The Labute approximate surface area is 122 Å². The molecule has 1 aromatic rings. The number of rotatable bonds is 5. The first-order valence-electron chi connectivity index (χ1n) is 5.61. The predicted molar refractivity (Wildman–Crippen MR) is 79.8 cm³/mol. The number of hydrogen-bond donors (Lipinski definition) is 2. The largest absolute Gasteiger partial charge is 0.449 e. The van der Waals surface area contributed by atoms with E-state index in [1.807, 2.05) is 0 Å². The van der Waals surface area contributed by atoms with Crippen molar-refractivity contribution in [3.8, 4) is 0 Å². The Balaban J connectivity index is 2.90. The summed E-state index contributed by atoms with van der Waals surface area (Å²) in [7, 11) is -2.72. The van der Waals surface area contributed by atoms with Gasteiger partial charge in [0.1, 0.15) is 4.99 Å². The van der Waals surface area contributed by atoms with Gasteiger partial charge >= 0.3 is 16.3 Å². The number of benzene rings is 1. The summed E-state index contributed by atoms with van der Waals surface area (Å²) < 4.78 is 31.0. The summed E-state index contributed by atoms with van der Waals surface area (Å²) in [6.45, 7) is 1.65. The maximum Gasteiger partial charge on any atom is 0.422 e. The zero-order chi connectivity index (χ0) is 15.3. The quantitative estimate of drug-likeness (QED) is 0.777. The van der Waals surface area contributed by atoms with Crippen molar-refractivity contribution in [1.29, 1.82) is 0 Å². The SMILES string of the molecule is CCOC(=O)NS(=O)(=O)N(C)c1ccc(C(N)=S)cc1. The van der Waals surface area contributed by atoms with Gasteiger partial charge < -0.3 is 10.5 Å². The highest BCUT2D eigenvalue weighted by molar-refractivity contribution is 7.91. The first-order valence-corrected chi connectivity index (χ1v) is 7.46. The molecule has 0 aliphatic carbocycles. The lowest BCUT2D eigenvalue weighted by atomic mass is 10.2. The number of carbonyl (C=O) groups is 1. The van der Waals surface area contributed by atoms with Crippen molar-refractivity contribution in [1.82, 2.24) is 4.72 Å². The lowest BCUT2D eigenvalue weighted by Gasteiger charge is -2.19. The van der Waals surface area contributed by atoms with E-state index in [4.69, 9.17) is 18.0 Å². The second-order valence-electron chi connectivity index (χ2n) is 3.71. The number of nitrogens with one attached hydrogen (secondary N) is 1. The van der Waals surface area contributed by atoms with Crippen LogP contribution in [0.25, 0.3) is 0 Å². The van der Waals surface area contributed by atoms with Crippen molar-refractivity contribution < 1.29 is 17.9 Å². The number of nitrogens with two attached hydrogens (primary N) is 1. The van der Waals surface area contributed by atoms with Crippen LogP contribution in [-0.4, -0.2) is 33.2 Å². The van der Waals surface area contributed by atoms with Crippen LogP contribution < -0.4 is 14.8 Å². The number of thiocarbonyl (C=S) groups is 1. The Morgan fingerprint density at radius 2 is 1.95 bits per heavy atom. The Morgan fingerprint density at radius 1 is 1.40 bits per heavy atom. The molecule has 7 nitrogen and oxygen atoms in total. The highest BCUT2D eigenvalue weighted by Crippen LogP contribution is 2.16. The molecule has 9 heteroatoms. The maximum absolute atomic E-state index is 11.9. The fourth-order valence-corrected chi connectivity index (χ4v) is 2.25. The summed E-state index contributed by atoms with van der Waals surface area (Å²) in [5, 5.41) is 0. The van der Waals surface area contributed by atoms with E-state index in [2.05, 4.69) is 4.74 Å². The fraction of sp³-hybridized carbons (Fsp3) is 0.273. The summed E-state index contributed by atoms with van der Waals surface area (Å²) in [6.07, 6.45) is -1.03. The molecule has 0 fully saturated rings. The lowest BCUT2D eigenvalue weighted by molar-refractivity contribution is 0.158. The highest BCUT2D eigenvalue weighted by Gasteiger charge is 2.21. The maximum atomic E-state index is 11.9. The van der Waals surface area contributed by atoms with Gasteiger partial charge in [-0.05, 0) is 31.2 Å². The molecule has 20 heavy (non-hydrogen) atoms. The Morgan fingerprint density at radius 3 is 2.40 bits per heavy atom. The topological polar surface area (TPSA) is 102 Å². The monoisotopic (exact) mass is 317 g/mol. The van der Waals surface area contributed by atoms with E-state index < -0.39 is 16.3 Å². The molecule has 0 heterocycles. The summed E-state index contributed by atoms with van der Waals surface area (Å²) in [6, 6.07) is 6.24. The average Bonchev–Trinajstić information content (AvgIpc) is 2.37. The zero-order valence-corrected chi connectivity index (χ0v) is 12.6. The number of carbonyl (C=O) groups excluding carboxylic acids is 1. The van der Waals surface area contributed by atoms with Crippen molar-refractivity contribution >= 4 is 39.2 Å². The number of anilines is 1. The minimum atomic E-state index is -4.02. The summed E-state index contributed by atoms with van der Waals surface area (Å²) in [5.41, 5.74) is 6.42. The first-order chi connectivity index (χ1) is 9.27. The number of amides is 1. The molecule has 0 spiro atoms. The second kappa shape index (κ2) is 6.53. The van der Waals surface area contributed by atoms with Gasteiger partial charge in [-0.3, -0.25) is 4.31 Å². The molecule has 3 N–H and O–H groups in total. The molecule has 0 unspecified atom stereocenters. The molecule has 110 valence electrons. The zero-order valence-electron chi connectivity index (χ0n) is 11.0. The summed E-state index contributed by atoms with van der Waals surface area (Å²) in [4.78, 5) is 11.4. The van der Waals surface area contributed by atoms with Gasteiger partial charge in [0, 0.05) is 12.6 Å². The van der Waals surface area contributed by atoms with Crippen molar-refractivity contribution in [2.45, 2.75) is 6.92 Å². The van der Waals surface area contributed by atoms with Crippen molar-refractivity contribution in [3.05, 3.63) is 29.8 Å². The van der Waals surface area contributed by atoms with Crippen LogP contribution in [0.3, 0.4) is 0 Å². The fourth-order valence-electron chi connectivity index (χ4n) is 1.31. The molecule has 0 aliphatic rings. The summed E-state index contributed by atoms with van der Waals surface area (Å²) in [5.74, 6) is 0. The van der Waals surface area contributed by atoms with Gasteiger partial charge in [0.25, 0.3) is 0 Å². The van der Waals surface area contributed by atoms with Crippen LogP contribution in [-0.2, 0) is 14.9 Å². The van der Waals surface area contributed by atoms with Gasteiger partial charge in [-0.15, -0.1) is 0 Å². The molecule has 1 amide bonds. The Hall–Kier alpha value is -1.87. The third kappa shape index (κ3) is 4.07. The second-order valence-corrected chi connectivity index (χ2v) is 5.85. The highest BCUT2D eigenvalue weighted by atomic mass is 32.2. The van der Waals surface area contributed by atoms with Crippen molar-refractivity contribution in [2.75, 3.05) is 18.0 Å². The minimum absolute atomic E-state index is 0.0771. The first kappa shape index (κ1) is 16.2. The smallest absolute Gasteiger partial charge is 0.422 e. The van der Waals surface area contributed by atoms with E-state index in [1.165, 1.54) is 19.2 Å². The molecule has 0 bridgehead atoms. The van der Waals surface area contributed by atoms with Gasteiger partial charge in [-0.2, -0.15) is 8.42 Å². The lowest BCUT2D eigenvalue weighted by Crippen LogP contribution is -2.41. The molecule has 0 saturated heterocycles. The predicted octanol–water partition coefficient (Wildman–Crippen LogP) is 0.748.